The van der Waals surface area contributed by atoms with E-state index in [9.17, 15) is 13.2 Å². The average molecular weight is 463 g/mol. The Bertz CT molecular complexity index is 829. The molecule has 0 N–H and O–H groups in total. The second-order valence-corrected chi connectivity index (χ2v) is 11.3. The Kier molecular flexibility index (Phi) is 9.27. The Labute approximate surface area is 193 Å². The molecule has 1 nitrogen and oxygen atoms in total. The van der Waals surface area contributed by atoms with Crippen molar-refractivity contribution in [1.29, 1.82) is 0 Å². The van der Waals surface area contributed by atoms with Gasteiger partial charge < -0.3 is 4.74 Å². The molecule has 0 radical (unpaired) electrons. The first kappa shape index (κ1) is 24.9. The van der Waals surface area contributed by atoms with Crippen LogP contribution in [0.25, 0.3) is 0 Å². The van der Waals surface area contributed by atoms with Crippen molar-refractivity contribution >= 4 is 14.7 Å². The molecule has 0 unspecified atom stereocenters. The van der Waals surface area contributed by atoms with Crippen LogP contribution in [0.3, 0.4) is 0 Å². The van der Waals surface area contributed by atoms with Crippen molar-refractivity contribution in [3.05, 3.63) is 59.4 Å². The number of alkyl halides is 2. The molecule has 1 saturated carbocycles. The van der Waals surface area contributed by atoms with Crippen molar-refractivity contribution in [1.82, 2.24) is 0 Å². The van der Waals surface area contributed by atoms with E-state index in [1.165, 1.54) is 55.5 Å². The largest absolute Gasteiger partial charge is 0.429 e. The van der Waals surface area contributed by atoms with Gasteiger partial charge in [0.1, 0.15) is 11.6 Å². The topological polar surface area (TPSA) is 9.23 Å². The summed E-state index contributed by atoms with van der Waals surface area (Å²) in [5.74, 6) is 0.199. The van der Waals surface area contributed by atoms with E-state index in [1.54, 1.807) is 18.2 Å². The molecule has 0 saturated heterocycles. The van der Waals surface area contributed by atoms with Gasteiger partial charge in [0.25, 0.3) is 0 Å². The van der Waals surface area contributed by atoms with Crippen LogP contribution in [-0.2, 0) is 6.11 Å². The zero-order chi connectivity index (χ0) is 23.0. The third-order valence-electron chi connectivity index (χ3n) is 6.83. The smallest absolute Gasteiger partial charge is 0.429 e. The van der Waals surface area contributed by atoms with Crippen molar-refractivity contribution in [3.8, 4) is 5.75 Å². The minimum Gasteiger partial charge on any atom is -0.429 e. The van der Waals surface area contributed by atoms with E-state index in [1.807, 2.05) is 12.1 Å². The van der Waals surface area contributed by atoms with Gasteiger partial charge in [-0.2, -0.15) is 8.78 Å². The molecule has 1 aliphatic rings. The third-order valence-corrected chi connectivity index (χ3v) is 8.73. The monoisotopic (exact) mass is 462 g/mol. The van der Waals surface area contributed by atoms with E-state index in [0.717, 1.165) is 37.2 Å². The molecule has 0 amide bonds. The highest BCUT2D eigenvalue weighted by atomic mass is 28.2. The number of halogens is 3. The maximum absolute atomic E-state index is 14.7. The average Bonchev–Trinajstić information content (AvgIpc) is 2.79. The highest BCUT2D eigenvalue weighted by molar-refractivity contribution is 6.53. The molecule has 32 heavy (non-hydrogen) atoms. The van der Waals surface area contributed by atoms with Crippen LogP contribution in [-0.4, -0.2) is 9.52 Å². The zero-order valence-electron chi connectivity index (χ0n) is 19.5. The van der Waals surface area contributed by atoms with Crippen LogP contribution in [0.15, 0.2) is 42.5 Å². The molecule has 0 spiro atoms. The van der Waals surface area contributed by atoms with Gasteiger partial charge in [-0.3, -0.25) is 0 Å². The Morgan fingerprint density at radius 3 is 2.25 bits per heavy atom. The zero-order valence-corrected chi connectivity index (χ0v) is 20.9. The lowest BCUT2D eigenvalue weighted by Crippen LogP contribution is -2.24. The highest BCUT2D eigenvalue weighted by Gasteiger charge is 2.38. The fourth-order valence-electron chi connectivity index (χ4n) is 4.80. The summed E-state index contributed by atoms with van der Waals surface area (Å²) in [7, 11) is -0.363. The maximum atomic E-state index is 14.7. The third kappa shape index (κ3) is 6.87. The quantitative estimate of drug-likeness (QED) is 0.249. The van der Waals surface area contributed by atoms with E-state index < -0.39 is 17.5 Å². The molecular formula is C27H37F3OSi. The number of unbranched alkanes of at least 4 members (excludes halogenated alkanes) is 2. The standard InChI is InChI=1S/C27H37F3OSi/c1-3-5-7-20-8-10-21(11-9-20)22-12-17-25(26(28)19-22)27(29,30)31-23-13-15-24(16-14-23)32-18-6-4-2/h12-17,19-21H,3-11,18,32H2,1-2H3/t20-,21-. The summed E-state index contributed by atoms with van der Waals surface area (Å²) in [5, 5.41) is 1.23. The normalized spacial score (nSPS) is 19.5. The first-order chi connectivity index (χ1) is 15.4. The first-order valence-electron chi connectivity index (χ1n) is 12.4. The molecule has 3 rings (SSSR count). The second-order valence-electron chi connectivity index (χ2n) is 9.32. The van der Waals surface area contributed by atoms with Crippen LogP contribution >= 0.6 is 0 Å². The van der Waals surface area contributed by atoms with Crippen molar-refractivity contribution in [2.45, 2.75) is 89.7 Å². The second kappa shape index (κ2) is 11.9. The van der Waals surface area contributed by atoms with Crippen molar-refractivity contribution < 1.29 is 17.9 Å². The summed E-state index contributed by atoms with van der Waals surface area (Å²) in [4.78, 5) is 0. The van der Waals surface area contributed by atoms with Crippen molar-refractivity contribution in [3.63, 3.8) is 0 Å². The molecule has 0 atom stereocenters. The van der Waals surface area contributed by atoms with Crippen LogP contribution < -0.4 is 9.92 Å². The fraction of sp³-hybridized carbons (Fsp3) is 0.556. The van der Waals surface area contributed by atoms with E-state index in [2.05, 4.69) is 13.8 Å². The number of ether oxygens (including phenoxy) is 1. The van der Waals surface area contributed by atoms with E-state index in [4.69, 9.17) is 4.74 Å². The van der Waals surface area contributed by atoms with Crippen LogP contribution in [0, 0.1) is 11.7 Å². The van der Waals surface area contributed by atoms with Crippen LogP contribution in [0.2, 0.25) is 6.04 Å². The Hall–Kier alpha value is -1.75. The van der Waals surface area contributed by atoms with Crippen molar-refractivity contribution in [2.75, 3.05) is 0 Å². The lowest BCUT2D eigenvalue weighted by Gasteiger charge is -2.29. The van der Waals surface area contributed by atoms with Gasteiger partial charge in [0.2, 0.25) is 0 Å². The lowest BCUT2D eigenvalue weighted by molar-refractivity contribution is -0.187. The van der Waals surface area contributed by atoms with Gasteiger partial charge in [0, 0.05) is 0 Å². The van der Waals surface area contributed by atoms with Gasteiger partial charge in [0.15, 0.2) is 0 Å². The Balaban J connectivity index is 1.61. The summed E-state index contributed by atoms with van der Waals surface area (Å²) in [6, 6.07) is 12.3. The predicted molar refractivity (Wildman–Crippen MR) is 129 cm³/mol. The van der Waals surface area contributed by atoms with Gasteiger partial charge in [-0.25, -0.2) is 4.39 Å². The Morgan fingerprint density at radius 2 is 1.62 bits per heavy atom. The molecule has 0 aliphatic heterocycles. The molecular weight excluding hydrogens is 425 g/mol. The van der Waals surface area contributed by atoms with E-state index in [-0.39, 0.29) is 21.2 Å². The summed E-state index contributed by atoms with van der Waals surface area (Å²) in [5.41, 5.74) is 0.136. The van der Waals surface area contributed by atoms with Crippen LogP contribution in [0.4, 0.5) is 13.2 Å². The molecule has 176 valence electrons. The fourth-order valence-corrected chi connectivity index (χ4v) is 6.53. The van der Waals surface area contributed by atoms with E-state index >= 15 is 0 Å². The van der Waals surface area contributed by atoms with Gasteiger partial charge in [-0.15, -0.1) is 0 Å². The van der Waals surface area contributed by atoms with E-state index in [0.29, 0.717) is 0 Å². The SMILES string of the molecule is CCCC[SiH2]c1ccc(OC(F)(F)c2ccc([C@H]3CC[C@H](CCCC)CC3)cc2F)cc1. The number of hydrogen-bond acceptors (Lipinski definition) is 1. The molecule has 5 heteroatoms. The number of rotatable bonds is 11. The summed E-state index contributed by atoms with van der Waals surface area (Å²) >= 11 is 0. The summed E-state index contributed by atoms with van der Waals surface area (Å²) in [6.45, 7) is 4.37. The number of hydrogen-bond donors (Lipinski definition) is 0. The number of benzene rings is 2. The molecule has 0 heterocycles. The van der Waals surface area contributed by atoms with Crippen LogP contribution in [0.1, 0.15) is 88.7 Å². The minimum absolute atomic E-state index is 0.0668. The molecule has 1 fully saturated rings. The molecule has 2 aromatic carbocycles. The highest BCUT2D eigenvalue weighted by Crippen LogP contribution is 2.39. The lowest BCUT2D eigenvalue weighted by atomic mass is 9.77. The predicted octanol–water partition coefficient (Wildman–Crippen LogP) is 7.43. The Morgan fingerprint density at radius 1 is 0.938 bits per heavy atom. The first-order valence-corrected chi connectivity index (χ1v) is 14.1. The summed E-state index contributed by atoms with van der Waals surface area (Å²) in [6.07, 6.45) is 6.72. The van der Waals surface area contributed by atoms with Gasteiger partial charge in [0.05, 0.1) is 15.1 Å². The molecule has 0 bridgehead atoms. The molecule has 1 aliphatic carbocycles. The van der Waals surface area contributed by atoms with Gasteiger partial charge in [-0.1, -0.05) is 75.4 Å². The molecule has 2 aromatic rings. The van der Waals surface area contributed by atoms with Gasteiger partial charge >= 0.3 is 6.11 Å². The molecule has 0 aromatic heterocycles. The minimum atomic E-state index is -3.71. The van der Waals surface area contributed by atoms with Crippen LogP contribution in [0.5, 0.6) is 5.75 Å². The maximum Gasteiger partial charge on any atom is 0.429 e. The van der Waals surface area contributed by atoms with Crippen molar-refractivity contribution in [2.24, 2.45) is 5.92 Å². The van der Waals surface area contributed by atoms with Gasteiger partial charge in [-0.05, 0) is 67.3 Å². The summed E-state index contributed by atoms with van der Waals surface area (Å²) < 4.78 is 49.1.